The minimum atomic E-state index is -0.630. The maximum atomic E-state index is 12.6. The lowest BCUT2D eigenvalue weighted by molar-refractivity contribution is -0.135. The molecule has 2 rings (SSSR count). The van der Waals surface area contributed by atoms with E-state index in [4.69, 9.17) is 0 Å². The Labute approximate surface area is 137 Å². The number of rotatable bonds is 4. The summed E-state index contributed by atoms with van der Waals surface area (Å²) in [4.78, 5) is 30.9. The molecular weight excluding hydrogens is 292 g/mol. The van der Waals surface area contributed by atoms with E-state index in [0.29, 0.717) is 13.1 Å². The predicted molar refractivity (Wildman–Crippen MR) is 89.9 cm³/mol. The van der Waals surface area contributed by atoms with Gasteiger partial charge in [0.1, 0.15) is 11.7 Å². The zero-order valence-corrected chi connectivity index (χ0v) is 14.5. The molecule has 1 saturated heterocycles. The first-order valence-corrected chi connectivity index (χ1v) is 7.88. The summed E-state index contributed by atoms with van der Waals surface area (Å²) in [6.07, 6.45) is 1.72. The zero-order valence-electron chi connectivity index (χ0n) is 14.5. The van der Waals surface area contributed by atoms with E-state index < -0.39 is 5.92 Å². The normalized spacial score (nSPS) is 21.0. The van der Waals surface area contributed by atoms with E-state index >= 15 is 0 Å². The highest BCUT2D eigenvalue weighted by molar-refractivity contribution is 6.02. The van der Waals surface area contributed by atoms with E-state index in [0.717, 1.165) is 11.4 Å². The number of hydrogen-bond donors (Lipinski definition) is 2. The second kappa shape index (κ2) is 6.56. The summed E-state index contributed by atoms with van der Waals surface area (Å²) in [6, 6.07) is 3.77. The standard InChI is InChI=1S/C17H26N4O2/c1-17(2,3)12-10-20-16(23)13(12)15(22)19-9-11-7-6-8-18-14(11)21(4)5/h6-8,12-13H,9-10H2,1-5H3,(H,19,22)(H,20,23)/t12-,13+/m1/s1. The van der Waals surface area contributed by atoms with Crippen LogP contribution in [-0.2, 0) is 16.1 Å². The summed E-state index contributed by atoms with van der Waals surface area (Å²) < 4.78 is 0. The Morgan fingerprint density at radius 1 is 1.43 bits per heavy atom. The third kappa shape index (κ3) is 3.81. The molecule has 6 nitrogen and oxygen atoms in total. The van der Waals surface area contributed by atoms with E-state index in [1.54, 1.807) is 6.20 Å². The zero-order chi connectivity index (χ0) is 17.2. The molecule has 2 amide bonds. The number of nitrogens with one attached hydrogen (secondary N) is 2. The largest absolute Gasteiger partial charge is 0.362 e. The highest BCUT2D eigenvalue weighted by Crippen LogP contribution is 2.35. The van der Waals surface area contributed by atoms with E-state index in [-0.39, 0.29) is 23.1 Å². The number of nitrogens with zero attached hydrogens (tertiary/aromatic N) is 2. The fourth-order valence-corrected chi connectivity index (χ4v) is 2.99. The minimum absolute atomic E-state index is 0.00258. The first-order valence-electron chi connectivity index (χ1n) is 7.88. The van der Waals surface area contributed by atoms with Crippen LogP contribution in [0.3, 0.4) is 0 Å². The Balaban J connectivity index is 2.09. The van der Waals surface area contributed by atoms with Gasteiger partial charge in [0.05, 0.1) is 0 Å². The number of amides is 2. The van der Waals surface area contributed by atoms with E-state index in [1.807, 2.05) is 31.1 Å². The van der Waals surface area contributed by atoms with Gasteiger partial charge in [-0.2, -0.15) is 0 Å². The quantitative estimate of drug-likeness (QED) is 0.817. The Hall–Kier alpha value is -2.11. The number of carbonyl (C=O) groups is 2. The second-order valence-corrected chi connectivity index (χ2v) is 7.29. The van der Waals surface area contributed by atoms with Gasteiger partial charge in [0.25, 0.3) is 0 Å². The molecule has 0 unspecified atom stereocenters. The number of carbonyl (C=O) groups excluding carboxylic acids is 2. The molecule has 2 atom stereocenters. The Morgan fingerprint density at radius 3 is 2.74 bits per heavy atom. The molecule has 1 aromatic heterocycles. The summed E-state index contributed by atoms with van der Waals surface area (Å²) in [5.74, 6) is -0.210. The van der Waals surface area contributed by atoms with Crippen molar-refractivity contribution in [2.24, 2.45) is 17.3 Å². The maximum absolute atomic E-state index is 12.6. The Morgan fingerprint density at radius 2 is 2.13 bits per heavy atom. The van der Waals surface area contributed by atoms with Crippen molar-refractivity contribution in [2.75, 3.05) is 25.5 Å². The summed E-state index contributed by atoms with van der Waals surface area (Å²) >= 11 is 0. The van der Waals surface area contributed by atoms with E-state index in [1.165, 1.54) is 0 Å². The topological polar surface area (TPSA) is 74.3 Å². The summed E-state index contributed by atoms with van der Waals surface area (Å²) in [6.45, 7) is 7.09. The van der Waals surface area contributed by atoms with Crippen molar-refractivity contribution in [3.05, 3.63) is 23.9 Å². The summed E-state index contributed by atoms with van der Waals surface area (Å²) in [5.41, 5.74) is 0.820. The van der Waals surface area contributed by atoms with Crippen LogP contribution < -0.4 is 15.5 Å². The van der Waals surface area contributed by atoms with Gasteiger partial charge in [0, 0.05) is 44.9 Å². The van der Waals surface area contributed by atoms with Crippen molar-refractivity contribution in [3.63, 3.8) is 0 Å². The van der Waals surface area contributed by atoms with E-state index in [9.17, 15) is 9.59 Å². The van der Waals surface area contributed by atoms with Crippen LogP contribution in [-0.4, -0.2) is 37.4 Å². The number of anilines is 1. The first-order chi connectivity index (χ1) is 10.7. The Kier molecular flexibility index (Phi) is 4.92. The molecule has 1 aromatic rings. The van der Waals surface area contributed by atoms with Crippen LogP contribution in [0.15, 0.2) is 18.3 Å². The van der Waals surface area contributed by atoms with Gasteiger partial charge >= 0.3 is 0 Å². The molecule has 0 aromatic carbocycles. The predicted octanol–water partition coefficient (Wildman–Crippen LogP) is 1.17. The minimum Gasteiger partial charge on any atom is -0.362 e. The van der Waals surface area contributed by atoms with Gasteiger partial charge in [0.15, 0.2) is 0 Å². The molecule has 23 heavy (non-hydrogen) atoms. The molecule has 1 aliphatic rings. The molecule has 0 saturated carbocycles. The van der Waals surface area contributed by atoms with Crippen molar-refractivity contribution in [1.29, 1.82) is 0 Å². The van der Waals surface area contributed by atoms with Crippen molar-refractivity contribution in [3.8, 4) is 0 Å². The number of aromatic nitrogens is 1. The number of pyridine rings is 1. The lowest BCUT2D eigenvalue weighted by atomic mass is 9.74. The van der Waals surface area contributed by atoms with Crippen LogP contribution in [0.25, 0.3) is 0 Å². The van der Waals surface area contributed by atoms with Crippen molar-refractivity contribution < 1.29 is 9.59 Å². The smallest absolute Gasteiger partial charge is 0.233 e. The average molecular weight is 318 g/mol. The molecule has 6 heteroatoms. The Bertz CT molecular complexity index is 593. The van der Waals surface area contributed by atoms with Crippen LogP contribution in [0.1, 0.15) is 26.3 Å². The van der Waals surface area contributed by atoms with Crippen LogP contribution >= 0.6 is 0 Å². The second-order valence-electron chi connectivity index (χ2n) is 7.29. The van der Waals surface area contributed by atoms with Crippen LogP contribution in [0, 0.1) is 17.3 Å². The van der Waals surface area contributed by atoms with Gasteiger partial charge in [0.2, 0.25) is 11.8 Å². The highest BCUT2D eigenvalue weighted by atomic mass is 16.2. The van der Waals surface area contributed by atoms with Crippen molar-refractivity contribution in [1.82, 2.24) is 15.6 Å². The molecule has 0 radical (unpaired) electrons. The molecule has 2 heterocycles. The average Bonchev–Trinajstić information content (AvgIpc) is 2.87. The van der Waals surface area contributed by atoms with Gasteiger partial charge in [-0.05, 0) is 11.5 Å². The van der Waals surface area contributed by atoms with Gasteiger partial charge in [-0.25, -0.2) is 4.98 Å². The molecule has 2 N–H and O–H groups in total. The summed E-state index contributed by atoms with van der Waals surface area (Å²) in [7, 11) is 3.82. The van der Waals surface area contributed by atoms with Gasteiger partial charge < -0.3 is 15.5 Å². The van der Waals surface area contributed by atoms with Gasteiger partial charge in [-0.3, -0.25) is 9.59 Å². The molecule has 126 valence electrons. The lowest BCUT2D eigenvalue weighted by Crippen LogP contribution is -2.40. The summed E-state index contributed by atoms with van der Waals surface area (Å²) in [5, 5.41) is 5.72. The van der Waals surface area contributed by atoms with Crippen molar-refractivity contribution >= 4 is 17.6 Å². The third-order valence-corrected chi connectivity index (χ3v) is 4.32. The van der Waals surface area contributed by atoms with Crippen LogP contribution in [0.2, 0.25) is 0 Å². The fourth-order valence-electron chi connectivity index (χ4n) is 2.99. The van der Waals surface area contributed by atoms with Gasteiger partial charge in [-0.1, -0.05) is 26.8 Å². The molecule has 0 aliphatic carbocycles. The van der Waals surface area contributed by atoms with Crippen molar-refractivity contribution in [2.45, 2.75) is 27.3 Å². The molecule has 0 spiro atoms. The third-order valence-electron chi connectivity index (χ3n) is 4.32. The first kappa shape index (κ1) is 17.2. The molecular formula is C17H26N4O2. The molecule has 1 aliphatic heterocycles. The SMILES string of the molecule is CN(C)c1ncccc1CNC(=O)[C@H]1C(=O)NC[C@H]1C(C)(C)C. The van der Waals surface area contributed by atoms with Crippen LogP contribution in [0.5, 0.6) is 0 Å². The fraction of sp³-hybridized carbons (Fsp3) is 0.588. The maximum Gasteiger partial charge on any atom is 0.233 e. The molecule has 1 fully saturated rings. The lowest BCUT2D eigenvalue weighted by Gasteiger charge is -2.29. The van der Waals surface area contributed by atoms with Crippen LogP contribution in [0.4, 0.5) is 5.82 Å². The van der Waals surface area contributed by atoms with E-state index in [2.05, 4.69) is 36.4 Å². The molecule has 0 bridgehead atoms. The highest BCUT2D eigenvalue weighted by Gasteiger charge is 2.45. The van der Waals surface area contributed by atoms with Gasteiger partial charge in [-0.15, -0.1) is 0 Å². The monoisotopic (exact) mass is 318 g/mol. The number of hydrogen-bond acceptors (Lipinski definition) is 4.